The molecule has 2 rings (SSSR count). The minimum atomic E-state index is 0.0565. The molecule has 0 aliphatic carbocycles. The lowest BCUT2D eigenvalue weighted by molar-refractivity contribution is 0.384. The highest BCUT2D eigenvalue weighted by Gasteiger charge is 2.16. The van der Waals surface area contributed by atoms with E-state index in [0.717, 1.165) is 22.6 Å². The third-order valence-corrected chi connectivity index (χ3v) is 3.34. The maximum Gasteiger partial charge on any atom is 0.120 e. The Morgan fingerprint density at radius 3 is 2.37 bits per heavy atom. The van der Waals surface area contributed by atoms with Gasteiger partial charge in [0, 0.05) is 11.6 Å². The molecule has 2 atom stereocenters. The van der Waals surface area contributed by atoms with Crippen LogP contribution in [0.25, 0.3) is 0 Å². The lowest BCUT2D eigenvalue weighted by Crippen LogP contribution is -2.22. The maximum absolute atomic E-state index is 9.99. The average molecular weight is 259 g/mol. The smallest absolute Gasteiger partial charge is 0.120 e. The summed E-state index contributed by atoms with van der Waals surface area (Å²) < 4.78 is 5.61. The van der Waals surface area contributed by atoms with Gasteiger partial charge in [-0.2, -0.15) is 0 Å². The zero-order chi connectivity index (χ0) is 14.0. The van der Waals surface area contributed by atoms with Crippen molar-refractivity contribution in [3.63, 3.8) is 0 Å². The van der Waals surface area contributed by atoms with Crippen LogP contribution in [0.2, 0.25) is 0 Å². The lowest BCUT2D eigenvalue weighted by atomic mass is 10.0. The van der Waals surface area contributed by atoms with Crippen LogP contribution in [-0.4, -0.2) is 5.11 Å². The van der Waals surface area contributed by atoms with E-state index in [2.05, 4.69) is 12.2 Å². The van der Waals surface area contributed by atoms with Gasteiger partial charge in [0.05, 0.1) is 6.04 Å². The topological polar surface area (TPSA) is 45.4 Å². The van der Waals surface area contributed by atoms with Crippen LogP contribution in [-0.2, 0) is 0 Å². The molecule has 0 aliphatic heterocycles. The zero-order valence-electron chi connectivity index (χ0n) is 11.9. The van der Waals surface area contributed by atoms with Crippen molar-refractivity contribution in [3.8, 4) is 5.75 Å². The molecule has 2 aromatic rings. The summed E-state index contributed by atoms with van der Waals surface area (Å²) in [5.74, 6) is 2.16. The molecule has 3 nitrogen and oxygen atoms in total. The molecule has 1 heterocycles. The van der Waals surface area contributed by atoms with E-state index in [0.29, 0.717) is 5.75 Å². The number of hydrogen-bond donors (Lipinski definition) is 2. The molecular weight excluding hydrogens is 238 g/mol. The van der Waals surface area contributed by atoms with Crippen molar-refractivity contribution in [2.24, 2.45) is 0 Å². The third-order valence-electron chi connectivity index (χ3n) is 3.34. The van der Waals surface area contributed by atoms with Gasteiger partial charge in [0.1, 0.15) is 17.3 Å². The molecule has 2 unspecified atom stereocenters. The van der Waals surface area contributed by atoms with Crippen molar-refractivity contribution in [3.05, 3.63) is 53.0 Å². The summed E-state index contributed by atoms with van der Waals surface area (Å²) in [6.45, 7) is 8.00. The van der Waals surface area contributed by atoms with Gasteiger partial charge in [-0.25, -0.2) is 0 Å². The Labute approximate surface area is 114 Å². The van der Waals surface area contributed by atoms with E-state index in [1.165, 1.54) is 0 Å². The van der Waals surface area contributed by atoms with Gasteiger partial charge in [0.15, 0.2) is 0 Å². The van der Waals surface area contributed by atoms with Crippen LogP contribution in [0.3, 0.4) is 0 Å². The zero-order valence-corrected chi connectivity index (χ0v) is 11.9. The molecule has 102 valence electrons. The Balaban J connectivity index is 2.10. The van der Waals surface area contributed by atoms with E-state index in [1.807, 2.05) is 45.0 Å². The quantitative estimate of drug-likeness (QED) is 0.872. The van der Waals surface area contributed by atoms with Crippen LogP contribution in [0.1, 0.15) is 48.6 Å². The van der Waals surface area contributed by atoms with Crippen LogP contribution < -0.4 is 5.32 Å². The van der Waals surface area contributed by atoms with E-state index in [-0.39, 0.29) is 12.1 Å². The van der Waals surface area contributed by atoms with Crippen LogP contribution >= 0.6 is 0 Å². The fourth-order valence-electron chi connectivity index (χ4n) is 2.25. The third kappa shape index (κ3) is 3.18. The normalized spacial score (nSPS) is 14.3. The molecule has 0 aliphatic rings. The number of aromatic hydroxyl groups is 1. The number of benzene rings is 1. The summed E-state index contributed by atoms with van der Waals surface area (Å²) in [5.41, 5.74) is 1.96. The van der Waals surface area contributed by atoms with Crippen molar-refractivity contribution in [1.82, 2.24) is 5.32 Å². The Morgan fingerprint density at radius 2 is 1.79 bits per heavy atom. The minimum Gasteiger partial charge on any atom is -0.508 e. The molecule has 0 fully saturated rings. The van der Waals surface area contributed by atoms with Crippen molar-refractivity contribution in [2.45, 2.75) is 39.8 Å². The van der Waals surface area contributed by atoms with E-state index in [9.17, 15) is 5.11 Å². The summed E-state index contributed by atoms with van der Waals surface area (Å²) in [6.07, 6.45) is 0. The number of phenols is 1. The molecule has 1 aromatic heterocycles. The fourth-order valence-corrected chi connectivity index (χ4v) is 2.25. The Morgan fingerprint density at radius 1 is 1.05 bits per heavy atom. The fraction of sp³-hybridized carbons (Fsp3) is 0.375. The van der Waals surface area contributed by atoms with Gasteiger partial charge in [-0.05, 0) is 51.5 Å². The first-order chi connectivity index (χ1) is 8.97. The molecule has 0 spiro atoms. The molecule has 2 N–H and O–H groups in total. The minimum absolute atomic E-state index is 0.0565. The number of hydrogen-bond acceptors (Lipinski definition) is 3. The molecular formula is C16H21NO2. The van der Waals surface area contributed by atoms with Gasteiger partial charge in [-0.15, -0.1) is 0 Å². The highest BCUT2D eigenvalue weighted by molar-refractivity contribution is 5.37. The molecule has 0 radical (unpaired) electrons. The van der Waals surface area contributed by atoms with Gasteiger partial charge < -0.3 is 14.8 Å². The molecule has 0 saturated carbocycles. The molecule has 0 amide bonds. The lowest BCUT2D eigenvalue weighted by Gasteiger charge is -2.20. The standard InChI is InChI=1S/C16H21NO2/c1-10-5-7-14(15(18)9-10)12(3)17-13(4)16-8-6-11(2)19-16/h5-9,12-13,17-18H,1-4H3. The van der Waals surface area contributed by atoms with Crippen LogP contribution in [0.15, 0.2) is 34.7 Å². The summed E-state index contributed by atoms with van der Waals surface area (Å²) in [5, 5.41) is 13.4. The number of aryl methyl sites for hydroxylation is 2. The number of rotatable bonds is 4. The summed E-state index contributed by atoms with van der Waals surface area (Å²) >= 11 is 0. The van der Waals surface area contributed by atoms with Crippen molar-refractivity contribution in [1.29, 1.82) is 0 Å². The van der Waals surface area contributed by atoms with Crippen LogP contribution in [0, 0.1) is 13.8 Å². The predicted octanol–water partition coefficient (Wildman–Crippen LogP) is 4.01. The second-order valence-corrected chi connectivity index (χ2v) is 5.12. The Hall–Kier alpha value is -1.74. The van der Waals surface area contributed by atoms with Gasteiger partial charge in [-0.3, -0.25) is 0 Å². The second-order valence-electron chi connectivity index (χ2n) is 5.12. The van der Waals surface area contributed by atoms with Crippen LogP contribution in [0.4, 0.5) is 0 Å². The number of phenolic OH excluding ortho intramolecular Hbond substituents is 1. The monoisotopic (exact) mass is 259 g/mol. The van der Waals surface area contributed by atoms with Crippen molar-refractivity contribution < 1.29 is 9.52 Å². The maximum atomic E-state index is 9.99. The van der Waals surface area contributed by atoms with E-state index < -0.39 is 0 Å². The molecule has 0 saturated heterocycles. The van der Waals surface area contributed by atoms with E-state index >= 15 is 0 Å². The highest BCUT2D eigenvalue weighted by Crippen LogP contribution is 2.27. The van der Waals surface area contributed by atoms with Gasteiger partial charge >= 0.3 is 0 Å². The summed E-state index contributed by atoms with van der Waals surface area (Å²) in [7, 11) is 0. The average Bonchev–Trinajstić information content (AvgIpc) is 2.75. The molecule has 1 aromatic carbocycles. The van der Waals surface area contributed by atoms with Gasteiger partial charge in [0.2, 0.25) is 0 Å². The summed E-state index contributed by atoms with van der Waals surface area (Å²) in [6, 6.07) is 9.86. The SMILES string of the molecule is Cc1ccc(C(C)NC(C)c2ccc(C)o2)c(O)c1. The summed E-state index contributed by atoms with van der Waals surface area (Å²) in [4.78, 5) is 0. The Bertz CT molecular complexity index is 560. The first-order valence-corrected chi connectivity index (χ1v) is 6.59. The first-order valence-electron chi connectivity index (χ1n) is 6.59. The predicted molar refractivity (Wildman–Crippen MR) is 76.3 cm³/mol. The van der Waals surface area contributed by atoms with Crippen molar-refractivity contribution >= 4 is 0 Å². The van der Waals surface area contributed by atoms with Gasteiger partial charge in [-0.1, -0.05) is 12.1 Å². The first kappa shape index (κ1) is 13.7. The molecule has 3 heteroatoms. The van der Waals surface area contributed by atoms with Crippen molar-refractivity contribution in [2.75, 3.05) is 0 Å². The van der Waals surface area contributed by atoms with Crippen LogP contribution in [0.5, 0.6) is 5.75 Å². The van der Waals surface area contributed by atoms with E-state index in [4.69, 9.17) is 4.42 Å². The molecule has 19 heavy (non-hydrogen) atoms. The number of furan rings is 1. The highest BCUT2D eigenvalue weighted by atomic mass is 16.3. The van der Waals surface area contributed by atoms with E-state index in [1.54, 1.807) is 6.07 Å². The number of nitrogens with one attached hydrogen (secondary N) is 1. The second kappa shape index (κ2) is 5.49. The van der Waals surface area contributed by atoms with Gasteiger partial charge in [0.25, 0.3) is 0 Å². The largest absolute Gasteiger partial charge is 0.508 e. The Kier molecular flexibility index (Phi) is 3.96. The molecule has 0 bridgehead atoms.